The molecular formula is C14H18N2O2S. The van der Waals surface area contributed by atoms with Crippen molar-refractivity contribution in [2.45, 2.75) is 44.2 Å². The number of nitrogens with one attached hydrogen (secondary N) is 1. The van der Waals surface area contributed by atoms with Gasteiger partial charge in [-0.1, -0.05) is 12.8 Å². The molecule has 1 saturated heterocycles. The molecule has 0 radical (unpaired) electrons. The second-order valence-corrected chi connectivity index (χ2v) is 6.23. The zero-order valence-corrected chi connectivity index (χ0v) is 11.7. The maximum absolute atomic E-state index is 12.8. The van der Waals surface area contributed by atoms with E-state index in [1.165, 1.54) is 0 Å². The van der Waals surface area contributed by atoms with Gasteiger partial charge in [0.2, 0.25) is 11.8 Å². The lowest BCUT2D eigenvalue weighted by Gasteiger charge is -2.31. The molecule has 4 nitrogen and oxygen atoms in total. The standard InChI is InChI=1S/C14H18N2O2S/c17-12-3-7-16(9-11-4-8-19-10-11)13(18)14(15-12)5-1-2-6-14/h4,8,10H,1-3,5-7,9H2,(H,15,17). The molecule has 1 aromatic rings. The molecule has 2 aliphatic rings. The van der Waals surface area contributed by atoms with E-state index in [-0.39, 0.29) is 11.8 Å². The quantitative estimate of drug-likeness (QED) is 0.898. The molecule has 2 heterocycles. The zero-order valence-electron chi connectivity index (χ0n) is 10.9. The van der Waals surface area contributed by atoms with Crippen molar-refractivity contribution in [3.05, 3.63) is 22.4 Å². The first kappa shape index (κ1) is 12.7. The van der Waals surface area contributed by atoms with Crippen LogP contribution in [-0.4, -0.2) is 28.8 Å². The Labute approximate surface area is 116 Å². The number of amides is 2. The lowest BCUT2D eigenvalue weighted by Crippen LogP contribution is -2.55. The molecule has 0 bridgehead atoms. The number of nitrogens with zero attached hydrogens (tertiary/aromatic N) is 1. The summed E-state index contributed by atoms with van der Waals surface area (Å²) in [4.78, 5) is 26.5. The van der Waals surface area contributed by atoms with Gasteiger partial charge in [0.05, 0.1) is 0 Å². The van der Waals surface area contributed by atoms with Crippen molar-refractivity contribution in [3.8, 4) is 0 Å². The van der Waals surface area contributed by atoms with Crippen molar-refractivity contribution >= 4 is 23.2 Å². The lowest BCUT2D eigenvalue weighted by atomic mass is 9.96. The highest BCUT2D eigenvalue weighted by atomic mass is 32.1. The van der Waals surface area contributed by atoms with Crippen molar-refractivity contribution in [3.63, 3.8) is 0 Å². The van der Waals surface area contributed by atoms with E-state index < -0.39 is 5.54 Å². The van der Waals surface area contributed by atoms with Gasteiger partial charge in [0.15, 0.2) is 0 Å². The SMILES string of the molecule is O=C1CCN(Cc2ccsc2)C(=O)C2(CCCC2)N1. The molecule has 5 heteroatoms. The van der Waals surface area contributed by atoms with E-state index in [0.717, 1.165) is 31.2 Å². The minimum atomic E-state index is -0.608. The summed E-state index contributed by atoms with van der Waals surface area (Å²) in [5, 5.41) is 7.07. The molecule has 2 amide bonds. The average molecular weight is 278 g/mol. The number of hydrogen-bond donors (Lipinski definition) is 1. The van der Waals surface area contributed by atoms with Gasteiger partial charge in [0.1, 0.15) is 5.54 Å². The fourth-order valence-electron chi connectivity index (χ4n) is 3.09. The van der Waals surface area contributed by atoms with Crippen molar-refractivity contribution in [1.82, 2.24) is 10.2 Å². The molecule has 102 valence electrons. The first-order chi connectivity index (χ1) is 9.20. The molecule has 1 aromatic heterocycles. The zero-order chi connectivity index (χ0) is 13.3. The Balaban J connectivity index is 1.83. The fraction of sp³-hybridized carbons (Fsp3) is 0.571. The van der Waals surface area contributed by atoms with Crippen molar-refractivity contribution in [2.24, 2.45) is 0 Å². The molecule has 3 rings (SSSR count). The molecule has 0 aromatic carbocycles. The van der Waals surface area contributed by atoms with Gasteiger partial charge in [-0.15, -0.1) is 0 Å². The topological polar surface area (TPSA) is 49.4 Å². The third-order valence-electron chi connectivity index (χ3n) is 4.09. The summed E-state index contributed by atoms with van der Waals surface area (Å²) < 4.78 is 0. The van der Waals surface area contributed by atoms with Crippen LogP contribution in [0.5, 0.6) is 0 Å². The Bertz CT molecular complexity index is 478. The third kappa shape index (κ3) is 2.39. The molecule has 1 N–H and O–H groups in total. The van der Waals surface area contributed by atoms with Crippen LogP contribution in [-0.2, 0) is 16.1 Å². The number of rotatable bonds is 2. The van der Waals surface area contributed by atoms with E-state index in [9.17, 15) is 9.59 Å². The monoisotopic (exact) mass is 278 g/mol. The highest BCUT2D eigenvalue weighted by Gasteiger charge is 2.46. The van der Waals surface area contributed by atoms with Gasteiger partial charge in [0.25, 0.3) is 0 Å². The molecular weight excluding hydrogens is 260 g/mol. The molecule has 1 aliphatic carbocycles. The molecule has 0 unspecified atom stereocenters. The van der Waals surface area contributed by atoms with E-state index in [1.807, 2.05) is 16.3 Å². The summed E-state index contributed by atoms with van der Waals surface area (Å²) in [6.07, 6.45) is 4.05. The van der Waals surface area contributed by atoms with Gasteiger partial charge >= 0.3 is 0 Å². The van der Waals surface area contributed by atoms with Crippen molar-refractivity contribution < 1.29 is 9.59 Å². The van der Waals surface area contributed by atoms with E-state index in [2.05, 4.69) is 10.7 Å². The minimum Gasteiger partial charge on any atom is -0.342 e. The molecule has 0 atom stereocenters. The second kappa shape index (κ2) is 4.96. The molecule has 1 aliphatic heterocycles. The summed E-state index contributed by atoms with van der Waals surface area (Å²) in [5.74, 6) is 0.130. The van der Waals surface area contributed by atoms with Crippen LogP contribution in [0.1, 0.15) is 37.7 Å². The van der Waals surface area contributed by atoms with Crippen LogP contribution in [0.2, 0.25) is 0 Å². The van der Waals surface area contributed by atoms with Crippen molar-refractivity contribution in [2.75, 3.05) is 6.54 Å². The Morgan fingerprint density at radius 3 is 2.79 bits per heavy atom. The maximum atomic E-state index is 12.8. The first-order valence-electron chi connectivity index (χ1n) is 6.81. The van der Waals surface area contributed by atoms with Crippen LogP contribution >= 0.6 is 11.3 Å². The van der Waals surface area contributed by atoms with Crippen LogP contribution in [0.4, 0.5) is 0 Å². The van der Waals surface area contributed by atoms with E-state index in [0.29, 0.717) is 19.5 Å². The Kier molecular flexibility index (Phi) is 3.31. The van der Waals surface area contributed by atoms with Crippen LogP contribution in [0.3, 0.4) is 0 Å². The Morgan fingerprint density at radius 1 is 1.32 bits per heavy atom. The van der Waals surface area contributed by atoms with Crippen LogP contribution < -0.4 is 5.32 Å². The van der Waals surface area contributed by atoms with Gasteiger partial charge in [-0.3, -0.25) is 9.59 Å². The maximum Gasteiger partial charge on any atom is 0.248 e. The Hall–Kier alpha value is -1.36. The fourth-order valence-corrected chi connectivity index (χ4v) is 3.75. The van der Waals surface area contributed by atoms with Gasteiger partial charge in [-0.05, 0) is 35.2 Å². The summed E-state index contributed by atoms with van der Waals surface area (Å²) in [6.45, 7) is 1.15. The van der Waals surface area contributed by atoms with E-state index in [1.54, 1.807) is 11.3 Å². The van der Waals surface area contributed by atoms with Crippen molar-refractivity contribution in [1.29, 1.82) is 0 Å². The van der Waals surface area contributed by atoms with Gasteiger partial charge in [-0.2, -0.15) is 11.3 Å². The first-order valence-corrected chi connectivity index (χ1v) is 7.75. The van der Waals surface area contributed by atoms with Gasteiger partial charge in [0, 0.05) is 19.5 Å². The number of thiophene rings is 1. The van der Waals surface area contributed by atoms with Crippen LogP contribution in [0, 0.1) is 0 Å². The smallest absolute Gasteiger partial charge is 0.248 e. The predicted octanol–water partition coefficient (Wildman–Crippen LogP) is 1.91. The minimum absolute atomic E-state index is 0.0167. The predicted molar refractivity (Wildman–Crippen MR) is 73.7 cm³/mol. The van der Waals surface area contributed by atoms with E-state index >= 15 is 0 Å². The number of carbonyl (C=O) groups excluding carboxylic acids is 2. The summed E-state index contributed by atoms with van der Waals surface area (Å²) >= 11 is 1.64. The summed E-state index contributed by atoms with van der Waals surface area (Å²) in [6, 6.07) is 2.04. The van der Waals surface area contributed by atoms with E-state index in [4.69, 9.17) is 0 Å². The third-order valence-corrected chi connectivity index (χ3v) is 4.83. The lowest BCUT2D eigenvalue weighted by molar-refractivity contribution is -0.139. The highest BCUT2D eigenvalue weighted by Crippen LogP contribution is 2.33. The second-order valence-electron chi connectivity index (χ2n) is 5.45. The number of hydrogen-bond acceptors (Lipinski definition) is 3. The highest BCUT2D eigenvalue weighted by molar-refractivity contribution is 7.07. The van der Waals surface area contributed by atoms with Gasteiger partial charge < -0.3 is 10.2 Å². The molecule has 19 heavy (non-hydrogen) atoms. The molecule has 1 spiro atoms. The Morgan fingerprint density at radius 2 is 2.11 bits per heavy atom. The number of carbonyl (C=O) groups is 2. The van der Waals surface area contributed by atoms with Gasteiger partial charge in [-0.25, -0.2) is 0 Å². The molecule has 2 fully saturated rings. The summed E-state index contributed by atoms with van der Waals surface area (Å²) in [5.41, 5.74) is 0.546. The molecule has 1 saturated carbocycles. The summed E-state index contributed by atoms with van der Waals surface area (Å²) in [7, 11) is 0. The normalized spacial score (nSPS) is 22.6. The largest absolute Gasteiger partial charge is 0.342 e. The van der Waals surface area contributed by atoms with Crippen LogP contribution in [0.25, 0.3) is 0 Å². The average Bonchev–Trinajstić information content (AvgIpc) is 3.03. The van der Waals surface area contributed by atoms with Crippen LogP contribution in [0.15, 0.2) is 16.8 Å².